The third kappa shape index (κ3) is 2.24. The number of aliphatic hydroxyl groups is 1. The molecule has 26 heavy (non-hydrogen) atoms. The maximum atomic E-state index is 12.6. The Morgan fingerprint density at radius 3 is 2.62 bits per heavy atom. The second kappa shape index (κ2) is 5.44. The van der Waals surface area contributed by atoms with Gasteiger partial charge in [0.2, 0.25) is 0 Å². The minimum Gasteiger partial charge on any atom is -0.462 e. The maximum Gasteiger partial charge on any atom is 0.312 e. The molecular weight excluding hydrogens is 334 g/mol. The summed E-state index contributed by atoms with van der Waals surface area (Å²) in [4.78, 5) is 24.3. The van der Waals surface area contributed by atoms with Gasteiger partial charge in [0.1, 0.15) is 12.2 Å². The van der Waals surface area contributed by atoms with Crippen LogP contribution in [0.15, 0.2) is 0 Å². The zero-order valence-electron chi connectivity index (χ0n) is 16.2. The summed E-state index contributed by atoms with van der Waals surface area (Å²) >= 11 is 0. The molecule has 3 N–H and O–H groups in total. The lowest BCUT2D eigenvalue weighted by Gasteiger charge is -2.65. The summed E-state index contributed by atoms with van der Waals surface area (Å²) in [6.07, 6.45) is 2.29. The van der Waals surface area contributed by atoms with Gasteiger partial charge in [-0.15, -0.1) is 0 Å². The highest BCUT2D eigenvalue weighted by Gasteiger charge is 2.72. The van der Waals surface area contributed by atoms with Crippen molar-refractivity contribution in [3.63, 3.8) is 0 Å². The molecule has 1 heterocycles. The van der Waals surface area contributed by atoms with Crippen molar-refractivity contribution in [1.82, 2.24) is 0 Å². The Labute approximate surface area is 154 Å². The molecule has 4 rings (SSSR count). The molecule has 3 aliphatic carbocycles. The van der Waals surface area contributed by atoms with Crippen molar-refractivity contribution in [1.29, 1.82) is 0 Å². The third-order valence-corrected chi connectivity index (χ3v) is 8.02. The van der Waals surface area contributed by atoms with Crippen LogP contribution in [-0.4, -0.2) is 40.9 Å². The van der Waals surface area contributed by atoms with Crippen LogP contribution in [0, 0.1) is 28.6 Å². The molecule has 2 bridgehead atoms. The van der Waals surface area contributed by atoms with Crippen molar-refractivity contribution in [2.75, 3.05) is 0 Å². The minimum absolute atomic E-state index is 0.0770. The number of nitrogens with two attached hydrogens (primary N) is 1. The average molecular weight is 365 g/mol. The average Bonchev–Trinajstić information content (AvgIpc) is 2.71. The fraction of sp³-hybridized carbons (Fsp3) is 0.900. The largest absolute Gasteiger partial charge is 0.462 e. The number of carbonyl (C=O) groups excluding carboxylic acids is 2. The molecule has 0 aromatic heterocycles. The number of ether oxygens (including phenoxy) is 2. The number of hydrogen-bond acceptors (Lipinski definition) is 6. The van der Waals surface area contributed by atoms with Gasteiger partial charge in [-0.1, -0.05) is 13.8 Å². The predicted octanol–water partition coefficient (Wildman–Crippen LogP) is 1.77. The lowest BCUT2D eigenvalue weighted by atomic mass is 9.42. The molecule has 1 aliphatic heterocycles. The molecule has 146 valence electrons. The van der Waals surface area contributed by atoms with E-state index in [-0.39, 0.29) is 41.4 Å². The van der Waals surface area contributed by atoms with Crippen LogP contribution in [0.1, 0.15) is 59.8 Å². The molecule has 0 radical (unpaired) electrons. The summed E-state index contributed by atoms with van der Waals surface area (Å²) in [5, 5.41) is 11.2. The van der Waals surface area contributed by atoms with E-state index in [0.29, 0.717) is 25.2 Å². The lowest BCUT2D eigenvalue weighted by Crippen LogP contribution is -2.74. The zero-order chi connectivity index (χ0) is 19.1. The Balaban J connectivity index is 1.79. The van der Waals surface area contributed by atoms with Gasteiger partial charge >= 0.3 is 11.9 Å². The Morgan fingerprint density at radius 2 is 1.96 bits per heavy atom. The van der Waals surface area contributed by atoms with Gasteiger partial charge in [-0.25, -0.2) is 0 Å². The molecule has 3 saturated carbocycles. The van der Waals surface area contributed by atoms with Gasteiger partial charge in [0.05, 0.1) is 11.5 Å². The highest BCUT2D eigenvalue weighted by atomic mass is 16.6. The van der Waals surface area contributed by atoms with Crippen molar-refractivity contribution >= 4 is 11.9 Å². The summed E-state index contributed by atoms with van der Waals surface area (Å²) in [5.41, 5.74) is 5.28. The number of fused-ring (bicyclic) bond motifs is 6. The van der Waals surface area contributed by atoms with E-state index in [1.807, 2.05) is 6.92 Å². The molecule has 6 heteroatoms. The quantitative estimate of drug-likeness (QED) is 0.687. The van der Waals surface area contributed by atoms with Crippen molar-refractivity contribution in [3.05, 3.63) is 0 Å². The number of hydrogen-bond donors (Lipinski definition) is 2. The summed E-state index contributed by atoms with van der Waals surface area (Å²) in [7, 11) is 0. The number of carbonyl (C=O) groups is 2. The molecule has 0 aromatic rings. The van der Waals surface area contributed by atoms with E-state index in [9.17, 15) is 14.7 Å². The lowest BCUT2D eigenvalue weighted by molar-refractivity contribution is -0.209. The van der Waals surface area contributed by atoms with E-state index in [0.717, 1.165) is 12.8 Å². The molecule has 4 aliphatic rings. The first kappa shape index (κ1) is 18.2. The van der Waals surface area contributed by atoms with Gasteiger partial charge in [-0.2, -0.15) is 0 Å². The van der Waals surface area contributed by atoms with Crippen LogP contribution in [0.3, 0.4) is 0 Å². The van der Waals surface area contributed by atoms with E-state index in [2.05, 4.69) is 13.8 Å². The first-order valence-electron chi connectivity index (χ1n) is 9.86. The standard InChI is InChI=1S/C20H31NO5/c1-10-5-14-18(3,15(6-10)25-11(2)22)9-13(23)16-19(4)7-12(26-17(19)24)8-20(14,16)21/h10,12-16,23H,5-9,21H2,1-4H3/t10-,12+,13+,14?,15?,16?,18+,19-,20-/m1/s1. The van der Waals surface area contributed by atoms with Crippen LogP contribution in [0.2, 0.25) is 0 Å². The van der Waals surface area contributed by atoms with Gasteiger partial charge in [0.15, 0.2) is 0 Å². The molecule has 0 aromatic carbocycles. The van der Waals surface area contributed by atoms with Crippen LogP contribution in [0.25, 0.3) is 0 Å². The molecule has 4 fully saturated rings. The van der Waals surface area contributed by atoms with Crippen LogP contribution in [-0.2, 0) is 19.1 Å². The van der Waals surface area contributed by atoms with Gasteiger partial charge in [-0.3, -0.25) is 9.59 Å². The van der Waals surface area contributed by atoms with Gasteiger partial charge in [0.25, 0.3) is 0 Å². The van der Waals surface area contributed by atoms with E-state index in [4.69, 9.17) is 15.2 Å². The van der Waals surface area contributed by atoms with Crippen molar-refractivity contribution < 1.29 is 24.2 Å². The fourth-order valence-corrected chi connectivity index (χ4v) is 7.19. The smallest absolute Gasteiger partial charge is 0.312 e. The zero-order valence-corrected chi connectivity index (χ0v) is 16.2. The number of esters is 2. The van der Waals surface area contributed by atoms with Crippen molar-refractivity contribution in [2.45, 2.75) is 83.6 Å². The minimum atomic E-state index is -0.726. The van der Waals surface area contributed by atoms with Crippen molar-refractivity contribution in [2.24, 2.45) is 34.3 Å². The van der Waals surface area contributed by atoms with Crippen LogP contribution >= 0.6 is 0 Å². The predicted molar refractivity (Wildman–Crippen MR) is 93.8 cm³/mol. The maximum absolute atomic E-state index is 12.6. The van der Waals surface area contributed by atoms with Gasteiger partial charge in [-0.05, 0) is 38.0 Å². The van der Waals surface area contributed by atoms with E-state index >= 15 is 0 Å². The summed E-state index contributed by atoms with van der Waals surface area (Å²) < 4.78 is 11.3. The monoisotopic (exact) mass is 365 g/mol. The number of rotatable bonds is 1. The molecule has 3 unspecified atom stereocenters. The molecule has 0 amide bonds. The Bertz CT molecular complexity index is 652. The topological polar surface area (TPSA) is 98.9 Å². The Kier molecular flexibility index (Phi) is 3.82. The van der Waals surface area contributed by atoms with E-state index < -0.39 is 17.1 Å². The first-order valence-corrected chi connectivity index (χ1v) is 9.86. The highest BCUT2D eigenvalue weighted by Crippen LogP contribution is 2.65. The molecule has 0 spiro atoms. The van der Waals surface area contributed by atoms with Crippen LogP contribution in [0.5, 0.6) is 0 Å². The van der Waals surface area contributed by atoms with Crippen molar-refractivity contribution in [3.8, 4) is 0 Å². The molecule has 6 nitrogen and oxygen atoms in total. The van der Waals surface area contributed by atoms with Crippen LogP contribution in [0.4, 0.5) is 0 Å². The van der Waals surface area contributed by atoms with Crippen LogP contribution < -0.4 is 5.73 Å². The third-order valence-electron chi connectivity index (χ3n) is 8.02. The SMILES string of the molecule is CC(=O)OC1C[C@H](C)CC2[C@]1(C)C[C@H](O)C1[C@@]2(N)C[C@@H]2C[C@@]1(C)C(=O)O2. The molecular formula is C20H31NO5. The Hall–Kier alpha value is -1.14. The summed E-state index contributed by atoms with van der Waals surface area (Å²) in [5.74, 6) is -0.378. The number of aliphatic hydroxyl groups excluding tert-OH is 1. The summed E-state index contributed by atoms with van der Waals surface area (Å²) in [6.45, 7) is 7.61. The highest BCUT2D eigenvalue weighted by molar-refractivity contribution is 5.80. The molecule has 9 atom stereocenters. The van der Waals surface area contributed by atoms with Gasteiger partial charge < -0.3 is 20.3 Å². The second-order valence-electron chi connectivity index (χ2n) is 9.95. The van der Waals surface area contributed by atoms with Gasteiger partial charge in [0, 0.05) is 36.6 Å². The second-order valence-corrected chi connectivity index (χ2v) is 9.95. The first-order chi connectivity index (χ1) is 12.0. The van der Waals surface area contributed by atoms with E-state index in [1.54, 1.807) is 0 Å². The fourth-order valence-electron chi connectivity index (χ4n) is 7.19. The Morgan fingerprint density at radius 1 is 1.27 bits per heavy atom. The van der Waals surface area contributed by atoms with E-state index in [1.165, 1.54) is 6.92 Å². The molecule has 1 saturated heterocycles. The summed E-state index contributed by atoms with van der Waals surface area (Å²) in [6, 6.07) is 0. The normalized spacial score (nSPS) is 55.5.